The fourth-order valence-corrected chi connectivity index (χ4v) is 5.30. The van der Waals surface area contributed by atoms with E-state index in [1.165, 1.54) is 18.6 Å². The molecule has 0 bridgehead atoms. The van der Waals surface area contributed by atoms with Gasteiger partial charge in [0.25, 0.3) is 0 Å². The molecule has 4 aliphatic heterocycles. The van der Waals surface area contributed by atoms with E-state index in [2.05, 4.69) is 30.6 Å². The number of nitrogen functional groups attached to an aromatic ring is 2. The molecule has 0 atom stereocenters. The van der Waals surface area contributed by atoms with Crippen molar-refractivity contribution >= 4 is 28.4 Å². The van der Waals surface area contributed by atoms with E-state index < -0.39 is 14.8 Å². The molecular formula is C32H45N15O10. The average molecular weight is 800 g/mol. The highest BCUT2D eigenvalue weighted by atomic mass is 16.6. The van der Waals surface area contributed by atoms with Gasteiger partial charge in [-0.15, -0.1) is 0 Å². The molecule has 308 valence electrons. The lowest BCUT2D eigenvalue weighted by atomic mass is 10.2. The second kappa shape index (κ2) is 18.5. The van der Waals surface area contributed by atoms with Crippen LogP contribution in [0, 0.1) is 65.0 Å². The summed E-state index contributed by atoms with van der Waals surface area (Å²) in [5, 5.41) is 53.3. The first-order valence-electron chi connectivity index (χ1n) is 17.6. The van der Waals surface area contributed by atoms with Crippen molar-refractivity contribution in [1.29, 1.82) is 0 Å². The SMILES string of the molecule is Cc1[nH]ncc1[N+](=O)[O-].Cc1c(N)cnn1C1COC1.Cc1c([N+](=O)[O-])cnn1C1COC1.Cc1nn(C2COC2)cc1N.Cc1nn(C2COC2)cc1[N+](=O)[O-]. The lowest BCUT2D eigenvalue weighted by molar-refractivity contribution is -0.385. The van der Waals surface area contributed by atoms with Gasteiger partial charge < -0.3 is 30.4 Å². The Balaban J connectivity index is 0.000000137. The molecule has 0 unspecified atom stereocenters. The summed E-state index contributed by atoms with van der Waals surface area (Å²) < 4.78 is 27.1. The van der Waals surface area contributed by atoms with E-state index in [0.29, 0.717) is 55.6 Å². The Morgan fingerprint density at radius 1 is 0.596 bits per heavy atom. The minimum Gasteiger partial charge on any atom is -0.396 e. The third-order valence-electron chi connectivity index (χ3n) is 9.26. The average Bonchev–Trinajstić information content (AvgIpc) is 3.88. The van der Waals surface area contributed by atoms with Crippen molar-refractivity contribution in [3.05, 3.63) is 89.8 Å². The molecule has 0 radical (unpaired) electrons. The Bertz CT molecular complexity index is 2110. The second-order valence-corrected chi connectivity index (χ2v) is 13.3. The molecule has 4 aliphatic rings. The first kappa shape index (κ1) is 41.8. The predicted molar refractivity (Wildman–Crippen MR) is 199 cm³/mol. The van der Waals surface area contributed by atoms with Gasteiger partial charge in [0.2, 0.25) is 0 Å². The maximum absolute atomic E-state index is 10.5. The lowest BCUT2D eigenvalue weighted by Gasteiger charge is -2.27. The summed E-state index contributed by atoms with van der Waals surface area (Å²) in [6.07, 6.45) is 7.49. The summed E-state index contributed by atoms with van der Waals surface area (Å²) in [5.41, 5.74) is 16.5. The van der Waals surface area contributed by atoms with E-state index >= 15 is 0 Å². The van der Waals surface area contributed by atoms with Gasteiger partial charge in [-0.05, 0) is 34.6 Å². The highest BCUT2D eigenvalue weighted by molar-refractivity contribution is 5.40. The zero-order valence-electron chi connectivity index (χ0n) is 32.0. The number of ether oxygens (including phenoxy) is 4. The molecule has 0 aromatic carbocycles. The lowest BCUT2D eigenvalue weighted by Crippen LogP contribution is -2.32. The Morgan fingerprint density at radius 2 is 1.05 bits per heavy atom. The quantitative estimate of drug-likeness (QED) is 0.157. The number of nitrogens with two attached hydrogens (primary N) is 2. The number of nitro groups is 3. The molecule has 25 nitrogen and oxygen atoms in total. The van der Waals surface area contributed by atoms with Crippen molar-refractivity contribution in [2.24, 2.45) is 0 Å². The summed E-state index contributed by atoms with van der Waals surface area (Å²) in [6, 6.07) is 1.17. The second-order valence-electron chi connectivity index (χ2n) is 13.3. The first-order valence-corrected chi connectivity index (χ1v) is 17.6. The number of hydrogen-bond donors (Lipinski definition) is 3. The van der Waals surface area contributed by atoms with Crippen LogP contribution in [0.3, 0.4) is 0 Å². The molecule has 4 saturated heterocycles. The minimum atomic E-state index is -0.473. The van der Waals surface area contributed by atoms with Gasteiger partial charge in [-0.25, -0.2) is 0 Å². The maximum Gasteiger partial charge on any atom is 0.309 e. The molecule has 5 N–H and O–H groups in total. The predicted octanol–water partition coefficient (Wildman–Crippen LogP) is 2.66. The molecule has 9 heterocycles. The van der Waals surface area contributed by atoms with Gasteiger partial charge in [0, 0.05) is 6.20 Å². The summed E-state index contributed by atoms with van der Waals surface area (Å²) in [4.78, 5) is 29.7. The Kier molecular flexibility index (Phi) is 13.6. The van der Waals surface area contributed by atoms with Gasteiger partial charge >= 0.3 is 17.1 Å². The van der Waals surface area contributed by atoms with Crippen LogP contribution < -0.4 is 11.5 Å². The number of aryl methyl sites for hydroxylation is 3. The number of aromatic amines is 1. The van der Waals surface area contributed by atoms with Gasteiger partial charge in [0.15, 0.2) is 0 Å². The summed E-state index contributed by atoms with van der Waals surface area (Å²) >= 11 is 0. The van der Waals surface area contributed by atoms with E-state index in [1.54, 1.807) is 36.3 Å². The van der Waals surface area contributed by atoms with E-state index in [4.69, 9.17) is 30.4 Å². The number of anilines is 2. The van der Waals surface area contributed by atoms with Crippen molar-refractivity contribution in [1.82, 2.24) is 49.3 Å². The molecule has 25 heteroatoms. The number of hydrogen-bond acceptors (Lipinski definition) is 17. The minimum absolute atomic E-state index is 0.0370. The Labute approximate surface area is 324 Å². The molecule has 0 spiro atoms. The van der Waals surface area contributed by atoms with Crippen molar-refractivity contribution < 1.29 is 33.7 Å². The van der Waals surface area contributed by atoms with Crippen molar-refractivity contribution in [3.63, 3.8) is 0 Å². The summed E-state index contributed by atoms with van der Waals surface area (Å²) in [6.45, 7) is 14.3. The fraction of sp³-hybridized carbons (Fsp3) is 0.531. The number of H-pyrrole nitrogens is 1. The van der Waals surface area contributed by atoms with Crippen molar-refractivity contribution in [2.75, 3.05) is 64.3 Å². The highest BCUT2D eigenvalue weighted by Crippen LogP contribution is 2.25. The highest BCUT2D eigenvalue weighted by Gasteiger charge is 2.28. The normalized spacial score (nSPS) is 16.3. The zero-order chi connectivity index (χ0) is 41.4. The third kappa shape index (κ3) is 10.1. The van der Waals surface area contributed by atoms with Crippen LogP contribution in [0.4, 0.5) is 28.4 Å². The van der Waals surface area contributed by atoms with Crippen LogP contribution in [0.25, 0.3) is 0 Å². The van der Waals surface area contributed by atoms with Gasteiger partial charge in [-0.2, -0.15) is 25.5 Å². The molecule has 0 amide bonds. The van der Waals surface area contributed by atoms with Gasteiger partial charge in [-0.1, -0.05) is 0 Å². The Hall–Kier alpha value is -6.31. The third-order valence-corrected chi connectivity index (χ3v) is 9.26. The van der Waals surface area contributed by atoms with E-state index in [0.717, 1.165) is 49.2 Å². The first-order chi connectivity index (χ1) is 27.2. The molecule has 57 heavy (non-hydrogen) atoms. The van der Waals surface area contributed by atoms with E-state index in [9.17, 15) is 30.3 Å². The number of nitrogens with zero attached hydrogens (tertiary/aromatic N) is 12. The monoisotopic (exact) mass is 799 g/mol. The number of nitrogens with one attached hydrogen (secondary N) is 1. The summed E-state index contributed by atoms with van der Waals surface area (Å²) in [5.74, 6) is 0. The molecule has 9 rings (SSSR count). The van der Waals surface area contributed by atoms with Crippen LogP contribution in [0.15, 0.2) is 31.0 Å². The summed E-state index contributed by atoms with van der Waals surface area (Å²) in [7, 11) is 0. The van der Waals surface area contributed by atoms with Crippen LogP contribution >= 0.6 is 0 Å². The topological polar surface area (TPSA) is 318 Å². The molecular weight excluding hydrogens is 754 g/mol. The molecule has 0 saturated carbocycles. The van der Waals surface area contributed by atoms with Crippen LogP contribution in [0.1, 0.15) is 52.6 Å². The Morgan fingerprint density at radius 3 is 1.37 bits per heavy atom. The fourth-order valence-electron chi connectivity index (χ4n) is 5.30. The van der Waals surface area contributed by atoms with Crippen LogP contribution in [0.2, 0.25) is 0 Å². The van der Waals surface area contributed by atoms with Gasteiger partial charge in [-0.3, -0.25) is 54.2 Å². The van der Waals surface area contributed by atoms with Crippen molar-refractivity contribution in [3.8, 4) is 0 Å². The smallest absolute Gasteiger partial charge is 0.309 e. The maximum atomic E-state index is 10.5. The molecule has 5 aromatic heterocycles. The van der Waals surface area contributed by atoms with Crippen LogP contribution in [-0.4, -0.2) is 117 Å². The van der Waals surface area contributed by atoms with E-state index in [1.807, 2.05) is 29.4 Å². The van der Waals surface area contributed by atoms with Crippen molar-refractivity contribution in [2.45, 2.75) is 58.8 Å². The number of aromatic nitrogens is 10. The molecule has 0 aliphatic carbocycles. The van der Waals surface area contributed by atoms with Crippen LogP contribution in [0.5, 0.6) is 0 Å². The standard InChI is InChI=1S/2C7H9N3O3.2C7H11N3O.C4H5N3O2/c1-5-7(10(11)12)2-9(8-5)6-3-13-4-6;1-5-7(10(11)12)2-8-9(5)6-3-13-4-6;1-5-7(8)2-10(9-5)6-3-11-4-6;1-5-7(8)2-9-10(5)6-3-11-4-6;1-3-4(7(8)9)2-5-6-3/h2*2,6H,3-4H2,1H3;2*2,6H,3-4,8H2,1H3;2H,1H3,(H,5,6). The molecule has 5 aromatic rings. The van der Waals surface area contributed by atoms with Gasteiger partial charge in [0.05, 0.1) is 121 Å². The van der Waals surface area contributed by atoms with Gasteiger partial charge in [0.1, 0.15) is 35.7 Å². The van der Waals surface area contributed by atoms with E-state index in [-0.39, 0.29) is 29.1 Å². The zero-order valence-corrected chi connectivity index (χ0v) is 32.0. The molecule has 4 fully saturated rings. The largest absolute Gasteiger partial charge is 0.396 e. The van der Waals surface area contributed by atoms with Crippen LogP contribution in [-0.2, 0) is 18.9 Å². The number of rotatable bonds is 7.